The molecule has 1 aliphatic heterocycles. The molecular weight excluding hydrogens is 296 g/mol. The van der Waals surface area contributed by atoms with Crippen LogP contribution in [0.15, 0.2) is 24.3 Å². The molecule has 1 heterocycles. The number of benzene rings is 1. The van der Waals surface area contributed by atoms with Crippen molar-refractivity contribution in [3.63, 3.8) is 0 Å². The van der Waals surface area contributed by atoms with E-state index in [4.69, 9.17) is 5.11 Å². The third-order valence-corrected chi connectivity index (χ3v) is 4.26. The van der Waals surface area contributed by atoms with Crippen LogP contribution in [0.4, 0.5) is 5.69 Å². The van der Waals surface area contributed by atoms with E-state index in [-0.39, 0.29) is 18.0 Å². The van der Waals surface area contributed by atoms with Crippen LogP contribution in [-0.4, -0.2) is 50.9 Å². The third kappa shape index (κ3) is 3.72. The van der Waals surface area contributed by atoms with Gasteiger partial charge >= 0.3 is 5.97 Å². The second kappa shape index (κ2) is 6.57. The highest BCUT2D eigenvalue weighted by molar-refractivity contribution is 7.99. The van der Waals surface area contributed by atoms with Gasteiger partial charge in [-0.1, -0.05) is 12.1 Å². The number of carboxylic acids is 1. The van der Waals surface area contributed by atoms with Gasteiger partial charge < -0.3 is 10.0 Å². The fourth-order valence-corrected chi connectivity index (χ4v) is 3.16. The third-order valence-electron chi connectivity index (χ3n) is 3.24. The van der Waals surface area contributed by atoms with Gasteiger partial charge in [-0.15, -0.1) is 0 Å². The molecule has 0 aliphatic carbocycles. The number of carbonyl (C=O) groups excluding carboxylic acids is 1. The predicted octanol–water partition coefficient (Wildman–Crippen LogP) is 1.17. The van der Waals surface area contributed by atoms with Gasteiger partial charge in [-0.3, -0.25) is 14.9 Å². The maximum Gasteiger partial charge on any atom is 0.327 e. The van der Waals surface area contributed by atoms with E-state index in [1.165, 1.54) is 40.9 Å². The molecule has 1 aromatic carbocycles. The number of hydrogen-bond acceptors (Lipinski definition) is 5. The van der Waals surface area contributed by atoms with Gasteiger partial charge in [-0.2, -0.15) is 11.8 Å². The van der Waals surface area contributed by atoms with Crippen molar-refractivity contribution in [1.82, 2.24) is 4.90 Å². The average Bonchev–Trinajstić information content (AvgIpc) is 2.47. The van der Waals surface area contributed by atoms with Gasteiger partial charge in [0.15, 0.2) is 0 Å². The van der Waals surface area contributed by atoms with Gasteiger partial charge in [0.2, 0.25) is 5.91 Å². The van der Waals surface area contributed by atoms with Crippen molar-refractivity contribution in [2.24, 2.45) is 0 Å². The van der Waals surface area contributed by atoms with E-state index >= 15 is 0 Å². The Hall–Kier alpha value is -2.09. The molecule has 1 aliphatic rings. The van der Waals surface area contributed by atoms with E-state index in [1.807, 2.05) is 0 Å². The maximum absolute atomic E-state index is 12.2. The van der Waals surface area contributed by atoms with Crippen LogP contribution in [0.1, 0.15) is 5.56 Å². The second-order valence-corrected chi connectivity index (χ2v) is 5.77. The van der Waals surface area contributed by atoms with Crippen molar-refractivity contribution in [2.75, 3.05) is 18.1 Å². The summed E-state index contributed by atoms with van der Waals surface area (Å²) >= 11 is 1.51. The van der Waals surface area contributed by atoms with Crippen molar-refractivity contribution in [1.29, 1.82) is 0 Å². The number of carboxylic acid groups (broad SMARTS) is 1. The first-order chi connectivity index (χ1) is 9.99. The molecule has 1 unspecified atom stereocenters. The smallest absolute Gasteiger partial charge is 0.327 e. The lowest BCUT2D eigenvalue weighted by molar-refractivity contribution is -0.384. The summed E-state index contributed by atoms with van der Waals surface area (Å²) < 4.78 is 0. The second-order valence-electron chi connectivity index (χ2n) is 4.62. The number of thioether (sulfide) groups is 1. The molecule has 0 bridgehead atoms. The van der Waals surface area contributed by atoms with Gasteiger partial charge in [0, 0.05) is 30.2 Å². The number of aliphatic carboxylic acids is 1. The van der Waals surface area contributed by atoms with Gasteiger partial charge in [0.05, 0.1) is 11.3 Å². The van der Waals surface area contributed by atoms with E-state index in [2.05, 4.69) is 0 Å². The Bertz CT molecular complexity index is 560. The molecular formula is C13H14N2O5S. The topological polar surface area (TPSA) is 101 Å². The number of hydrogen-bond donors (Lipinski definition) is 1. The number of nitro groups is 1. The van der Waals surface area contributed by atoms with Gasteiger partial charge in [-0.25, -0.2) is 4.79 Å². The molecule has 1 aromatic rings. The Morgan fingerprint density at radius 2 is 2.05 bits per heavy atom. The number of non-ortho nitro benzene ring substituents is 1. The van der Waals surface area contributed by atoms with Crippen LogP contribution in [0.3, 0.4) is 0 Å². The zero-order chi connectivity index (χ0) is 15.4. The zero-order valence-electron chi connectivity index (χ0n) is 11.1. The highest BCUT2D eigenvalue weighted by Gasteiger charge is 2.32. The van der Waals surface area contributed by atoms with Crippen LogP contribution in [0.25, 0.3) is 0 Å². The van der Waals surface area contributed by atoms with Crippen LogP contribution in [0, 0.1) is 10.1 Å². The van der Waals surface area contributed by atoms with Crippen LogP contribution in [0.5, 0.6) is 0 Å². The first-order valence-electron chi connectivity index (χ1n) is 6.32. The molecule has 2 rings (SSSR count). The molecule has 1 atom stereocenters. The predicted molar refractivity (Wildman–Crippen MR) is 77.3 cm³/mol. The van der Waals surface area contributed by atoms with Crippen molar-refractivity contribution in [3.05, 3.63) is 39.9 Å². The lowest BCUT2D eigenvalue weighted by Crippen LogP contribution is -2.50. The SMILES string of the molecule is O=C(O)C1CSCCN1C(=O)Cc1ccc([N+](=O)[O-])cc1. The van der Waals surface area contributed by atoms with E-state index in [1.54, 1.807) is 0 Å². The summed E-state index contributed by atoms with van der Waals surface area (Å²) in [6.45, 7) is 0.410. The molecule has 112 valence electrons. The van der Waals surface area contributed by atoms with Crippen molar-refractivity contribution in [3.8, 4) is 0 Å². The minimum Gasteiger partial charge on any atom is -0.480 e. The Labute approximate surface area is 125 Å². The molecule has 0 radical (unpaired) electrons. The van der Waals surface area contributed by atoms with Crippen LogP contribution in [0.2, 0.25) is 0 Å². The summed E-state index contributed by atoms with van der Waals surface area (Å²) in [5.74, 6) is -0.160. The average molecular weight is 310 g/mol. The molecule has 1 fully saturated rings. The fraction of sp³-hybridized carbons (Fsp3) is 0.385. The van der Waals surface area contributed by atoms with Crippen molar-refractivity contribution < 1.29 is 19.6 Å². The molecule has 7 nitrogen and oxygen atoms in total. The Morgan fingerprint density at radius 3 is 2.62 bits per heavy atom. The van der Waals surface area contributed by atoms with E-state index in [9.17, 15) is 19.7 Å². The van der Waals surface area contributed by atoms with Crippen molar-refractivity contribution in [2.45, 2.75) is 12.5 Å². The summed E-state index contributed by atoms with van der Waals surface area (Å²) in [6, 6.07) is 4.91. The monoisotopic (exact) mass is 310 g/mol. The highest BCUT2D eigenvalue weighted by Crippen LogP contribution is 2.19. The van der Waals surface area contributed by atoms with E-state index < -0.39 is 16.9 Å². The molecule has 0 saturated carbocycles. The molecule has 21 heavy (non-hydrogen) atoms. The maximum atomic E-state index is 12.2. The van der Waals surface area contributed by atoms with Crippen LogP contribution >= 0.6 is 11.8 Å². The summed E-state index contributed by atoms with van der Waals surface area (Å²) in [7, 11) is 0. The number of amides is 1. The van der Waals surface area contributed by atoms with Crippen LogP contribution in [-0.2, 0) is 16.0 Å². The van der Waals surface area contributed by atoms with E-state index in [0.717, 1.165) is 5.75 Å². The summed E-state index contributed by atoms with van der Waals surface area (Å²) in [4.78, 5) is 34.8. The minimum atomic E-state index is -1.00. The fourth-order valence-electron chi connectivity index (χ4n) is 2.12. The van der Waals surface area contributed by atoms with Crippen LogP contribution < -0.4 is 0 Å². The van der Waals surface area contributed by atoms with Gasteiger partial charge in [-0.05, 0) is 5.56 Å². The van der Waals surface area contributed by atoms with Gasteiger partial charge in [0.1, 0.15) is 6.04 Å². The number of nitro benzene ring substituents is 1. The molecule has 0 spiro atoms. The summed E-state index contributed by atoms with van der Waals surface area (Å²) in [6.07, 6.45) is 0.0481. The summed E-state index contributed by atoms with van der Waals surface area (Å²) in [5.41, 5.74) is 0.594. The Morgan fingerprint density at radius 1 is 1.38 bits per heavy atom. The number of carbonyl (C=O) groups is 2. The molecule has 8 heteroatoms. The van der Waals surface area contributed by atoms with Gasteiger partial charge in [0.25, 0.3) is 5.69 Å². The lowest BCUT2D eigenvalue weighted by atomic mass is 10.1. The number of nitrogens with zero attached hydrogens (tertiary/aromatic N) is 2. The first-order valence-corrected chi connectivity index (χ1v) is 7.48. The quantitative estimate of drug-likeness (QED) is 0.661. The standard InChI is InChI=1S/C13H14N2O5S/c16-12(14-5-6-21-8-11(14)13(17)18)7-9-1-3-10(4-2-9)15(19)20/h1-4,11H,5-8H2,(H,17,18). The first kappa shape index (κ1) is 15.3. The Balaban J connectivity index is 2.05. The summed E-state index contributed by atoms with van der Waals surface area (Å²) in [5, 5.41) is 19.7. The van der Waals surface area contributed by atoms with Crippen molar-refractivity contribution >= 4 is 29.3 Å². The molecule has 1 amide bonds. The Kier molecular flexibility index (Phi) is 4.79. The normalized spacial score (nSPS) is 18.3. The number of rotatable bonds is 4. The molecule has 1 saturated heterocycles. The largest absolute Gasteiger partial charge is 0.480 e. The highest BCUT2D eigenvalue weighted by atomic mass is 32.2. The minimum absolute atomic E-state index is 0.0380. The molecule has 0 aromatic heterocycles. The molecule has 1 N–H and O–H groups in total. The van der Waals surface area contributed by atoms with E-state index in [0.29, 0.717) is 17.9 Å². The zero-order valence-corrected chi connectivity index (χ0v) is 11.9. The lowest BCUT2D eigenvalue weighted by Gasteiger charge is -2.32.